The van der Waals surface area contributed by atoms with Gasteiger partial charge >= 0.3 is 0 Å². The zero-order chi connectivity index (χ0) is 18.7. The normalized spacial score (nSPS) is 35.2. The maximum absolute atomic E-state index is 13.2. The summed E-state index contributed by atoms with van der Waals surface area (Å²) in [4.78, 5) is 25.7. The number of sulfonamides is 1. The van der Waals surface area contributed by atoms with Crippen LogP contribution in [-0.4, -0.2) is 48.1 Å². The van der Waals surface area contributed by atoms with Gasteiger partial charge in [-0.1, -0.05) is 24.1 Å². The largest absolute Gasteiger partial charge is 0.385 e. The van der Waals surface area contributed by atoms with Crippen molar-refractivity contribution in [3.05, 3.63) is 29.8 Å². The zero-order valence-electron chi connectivity index (χ0n) is 14.7. The van der Waals surface area contributed by atoms with Gasteiger partial charge in [0.15, 0.2) is 11.6 Å². The molecule has 0 aromatic heterocycles. The molecule has 4 atom stereocenters. The van der Waals surface area contributed by atoms with Gasteiger partial charge in [0.25, 0.3) is 0 Å². The van der Waals surface area contributed by atoms with Crippen LogP contribution >= 0.6 is 0 Å². The summed E-state index contributed by atoms with van der Waals surface area (Å²) in [5, 5.41) is 9.96. The Morgan fingerprint density at radius 1 is 1.12 bits per heavy atom. The second-order valence-corrected chi connectivity index (χ2v) is 9.67. The summed E-state index contributed by atoms with van der Waals surface area (Å²) in [5.74, 6) is -1.01. The highest BCUT2D eigenvalue weighted by atomic mass is 32.2. The third kappa shape index (κ3) is 2.33. The second-order valence-electron chi connectivity index (χ2n) is 7.78. The number of aliphatic hydroxyl groups is 1. The maximum Gasteiger partial charge on any atom is 0.243 e. The Morgan fingerprint density at radius 3 is 2.50 bits per heavy atom. The van der Waals surface area contributed by atoms with Gasteiger partial charge in [-0.25, -0.2) is 8.42 Å². The van der Waals surface area contributed by atoms with Gasteiger partial charge in [0.1, 0.15) is 6.10 Å². The number of Topliss-reactive ketones (excluding diaryl/α,β-unsaturated/α-hetero) is 2. The first-order valence-electron chi connectivity index (χ1n) is 9.12. The minimum absolute atomic E-state index is 0.164. The van der Waals surface area contributed by atoms with Crippen molar-refractivity contribution >= 4 is 21.6 Å². The first-order chi connectivity index (χ1) is 12.3. The molecule has 1 aliphatic heterocycles. The number of benzene rings is 1. The van der Waals surface area contributed by atoms with E-state index in [4.69, 9.17) is 0 Å². The Morgan fingerprint density at radius 2 is 1.81 bits per heavy atom. The fourth-order valence-corrected chi connectivity index (χ4v) is 6.83. The number of nitrogens with zero attached hydrogens (tertiary/aromatic N) is 1. The molecule has 1 spiro atoms. The van der Waals surface area contributed by atoms with Crippen LogP contribution in [0.1, 0.15) is 37.7 Å². The molecule has 1 aromatic carbocycles. The van der Waals surface area contributed by atoms with Crippen LogP contribution in [-0.2, 0) is 19.6 Å². The number of aryl methyl sites for hydroxylation is 1. The lowest BCUT2D eigenvalue weighted by Crippen LogP contribution is -2.57. The van der Waals surface area contributed by atoms with E-state index >= 15 is 0 Å². The van der Waals surface area contributed by atoms with Crippen molar-refractivity contribution in [3.8, 4) is 0 Å². The third-order valence-corrected chi connectivity index (χ3v) is 8.35. The Kier molecular flexibility index (Phi) is 4.09. The number of rotatable bonds is 2. The average Bonchev–Trinajstić information content (AvgIpc) is 2.92. The Hall–Kier alpha value is -1.57. The average molecular weight is 377 g/mol. The van der Waals surface area contributed by atoms with Gasteiger partial charge in [-0.05, 0) is 44.7 Å². The summed E-state index contributed by atoms with van der Waals surface area (Å²) in [7, 11) is -3.81. The molecule has 4 rings (SSSR count). The molecule has 0 bridgehead atoms. The van der Waals surface area contributed by atoms with Crippen LogP contribution in [0, 0.1) is 18.3 Å². The minimum Gasteiger partial charge on any atom is -0.385 e. The number of ketones is 2. The van der Waals surface area contributed by atoms with Crippen LogP contribution in [0.25, 0.3) is 0 Å². The third-order valence-electron chi connectivity index (χ3n) is 6.48. The smallest absolute Gasteiger partial charge is 0.243 e. The molecular weight excluding hydrogens is 354 g/mol. The van der Waals surface area contributed by atoms with E-state index in [2.05, 4.69) is 0 Å². The highest BCUT2D eigenvalue weighted by Crippen LogP contribution is 2.55. The van der Waals surface area contributed by atoms with Crippen molar-refractivity contribution in [1.29, 1.82) is 0 Å². The maximum atomic E-state index is 13.2. The van der Waals surface area contributed by atoms with Crippen molar-refractivity contribution in [3.63, 3.8) is 0 Å². The Bertz CT molecular complexity index is 862. The Balaban J connectivity index is 1.76. The topological polar surface area (TPSA) is 91.8 Å². The quantitative estimate of drug-likeness (QED) is 0.842. The predicted octanol–water partition coefficient (Wildman–Crippen LogP) is 1.45. The summed E-state index contributed by atoms with van der Waals surface area (Å²) in [5.41, 5.74) is 0.00861. The first kappa shape index (κ1) is 17.8. The number of carbonyl (C=O) groups excluding carboxylic acids is 2. The molecule has 2 saturated carbocycles. The fourth-order valence-electron chi connectivity index (χ4n) is 5.17. The van der Waals surface area contributed by atoms with Crippen molar-refractivity contribution in [2.45, 2.75) is 56.1 Å². The summed E-state index contributed by atoms with van der Waals surface area (Å²) >= 11 is 0. The molecule has 3 fully saturated rings. The van der Waals surface area contributed by atoms with Gasteiger partial charge in [0.05, 0.1) is 16.9 Å². The number of hydrogen-bond donors (Lipinski definition) is 1. The monoisotopic (exact) mass is 377 g/mol. The van der Waals surface area contributed by atoms with E-state index in [0.29, 0.717) is 25.7 Å². The minimum atomic E-state index is -3.81. The predicted molar refractivity (Wildman–Crippen MR) is 93.9 cm³/mol. The lowest BCUT2D eigenvalue weighted by molar-refractivity contribution is -0.152. The second kappa shape index (κ2) is 5.97. The van der Waals surface area contributed by atoms with E-state index in [-0.39, 0.29) is 29.4 Å². The molecule has 3 aliphatic rings. The van der Waals surface area contributed by atoms with Gasteiger partial charge in [-0.3, -0.25) is 9.59 Å². The van der Waals surface area contributed by atoms with Crippen LogP contribution in [0.15, 0.2) is 29.2 Å². The van der Waals surface area contributed by atoms with Gasteiger partial charge in [0.2, 0.25) is 10.0 Å². The molecule has 0 amide bonds. The first-order valence-corrected chi connectivity index (χ1v) is 10.6. The van der Waals surface area contributed by atoms with E-state index in [1.807, 2.05) is 6.92 Å². The molecule has 1 saturated heterocycles. The van der Waals surface area contributed by atoms with Crippen molar-refractivity contribution < 1.29 is 23.1 Å². The van der Waals surface area contributed by atoms with Crippen LogP contribution in [0.2, 0.25) is 0 Å². The van der Waals surface area contributed by atoms with Crippen molar-refractivity contribution in [1.82, 2.24) is 4.31 Å². The van der Waals surface area contributed by atoms with Gasteiger partial charge in [0, 0.05) is 12.0 Å². The van der Waals surface area contributed by atoms with Crippen LogP contribution in [0.4, 0.5) is 0 Å². The van der Waals surface area contributed by atoms with E-state index in [1.54, 1.807) is 24.3 Å². The van der Waals surface area contributed by atoms with Crippen LogP contribution in [0.3, 0.4) is 0 Å². The summed E-state index contributed by atoms with van der Waals surface area (Å²) < 4.78 is 27.7. The molecule has 1 unspecified atom stereocenters. The fraction of sp³-hybridized carbons (Fsp3) is 0.579. The molecule has 1 aromatic rings. The Labute approximate surface area is 153 Å². The number of hydrogen-bond acceptors (Lipinski definition) is 5. The molecule has 140 valence electrons. The lowest BCUT2D eigenvalue weighted by atomic mass is 9.56. The van der Waals surface area contributed by atoms with E-state index in [0.717, 1.165) is 5.56 Å². The summed E-state index contributed by atoms with van der Waals surface area (Å²) in [6.45, 7) is 1.70. The molecule has 1 heterocycles. The lowest BCUT2D eigenvalue weighted by Gasteiger charge is -2.48. The number of aliphatic hydroxyl groups excluding tert-OH is 1. The number of carbonyl (C=O) groups is 2. The zero-order valence-corrected chi connectivity index (χ0v) is 15.5. The SMILES string of the molecule is Cc1ccc(S(=O)(=O)N2CC(=O)[C@@]34CCC(O)C(=O)[C@@H]3CCC[C@@H]24)cc1. The molecule has 26 heavy (non-hydrogen) atoms. The van der Waals surface area contributed by atoms with Crippen LogP contribution in [0.5, 0.6) is 0 Å². The molecule has 1 N–H and O–H groups in total. The van der Waals surface area contributed by atoms with E-state index in [1.165, 1.54) is 4.31 Å². The van der Waals surface area contributed by atoms with Crippen molar-refractivity contribution in [2.75, 3.05) is 6.54 Å². The molecule has 7 heteroatoms. The molecular formula is C19H23NO5S. The standard InChI is InChI=1S/C19H23NO5S/c1-12-5-7-13(8-6-12)26(24,25)20-11-17(22)19-10-9-15(21)18(23)14(19)3-2-4-16(19)20/h5-8,14-16,21H,2-4,9-11H2,1H3/t14-,15?,16+,19-/m0/s1. The molecule has 2 aliphatic carbocycles. The summed E-state index contributed by atoms with van der Waals surface area (Å²) in [6.07, 6.45) is 1.40. The van der Waals surface area contributed by atoms with E-state index < -0.39 is 33.5 Å². The van der Waals surface area contributed by atoms with Crippen molar-refractivity contribution in [2.24, 2.45) is 11.3 Å². The van der Waals surface area contributed by atoms with Gasteiger partial charge in [-0.2, -0.15) is 4.31 Å². The highest BCUT2D eigenvalue weighted by molar-refractivity contribution is 7.89. The highest BCUT2D eigenvalue weighted by Gasteiger charge is 2.65. The van der Waals surface area contributed by atoms with E-state index in [9.17, 15) is 23.1 Å². The molecule has 0 radical (unpaired) electrons. The van der Waals surface area contributed by atoms with Gasteiger partial charge in [-0.15, -0.1) is 0 Å². The van der Waals surface area contributed by atoms with Crippen LogP contribution < -0.4 is 0 Å². The molecule has 6 nitrogen and oxygen atoms in total. The summed E-state index contributed by atoms with van der Waals surface area (Å²) in [6, 6.07) is 6.12. The van der Waals surface area contributed by atoms with Gasteiger partial charge < -0.3 is 5.11 Å².